The smallest absolute Gasteiger partial charge is 0.261 e. The summed E-state index contributed by atoms with van der Waals surface area (Å²) in [4.78, 5) is 26.8. The van der Waals surface area contributed by atoms with Crippen LogP contribution in [0.4, 0.5) is 0 Å². The highest BCUT2D eigenvalue weighted by Crippen LogP contribution is 2.14. The zero-order chi connectivity index (χ0) is 15.8. The van der Waals surface area contributed by atoms with Crippen LogP contribution < -0.4 is 10.9 Å². The van der Waals surface area contributed by atoms with Gasteiger partial charge in [-0.1, -0.05) is 30.3 Å². The second-order valence-electron chi connectivity index (χ2n) is 4.79. The van der Waals surface area contributed by atoms with E-state index in [1.807, 2.05) is 37.3 Å². The molecule has 0 aliphatic carbocycles. The molecule has 0 bridgehead atoms. The van der Waals surface area contributed by atoms with Gasteiger partial charge in [-0.25, -0.2) is 0 Å². The Morgan fingerprint density at radius 1 is 1.18 bits per heavy atom. The molecule has 0 spiro atoms. The SMILES string of the molecule is CCOCCCNC(=O)c1ccc(-c2ccccc2)[nH]c1=O. The molecule has 0 fully saturated rings. The van der Waals surface area contributed by atoms with Crippen LogP contribution in [0.3, 0.4) is 0 Å². The van der Waals surface area contributed by atoms with Gasteiger partial charge in [0.25, 0.3) is 11.5 Å². The van der Waals surface area contributed by atoms with E-state index in [4.69, 9.17) is 4.74 Å². The average molecular weight is 300 g/mol. The zero-order valence-electron chi connectivity index (χ0n) is 12.6. The van der Waals surface area contributed by atoms with Gasteiger partial charge in [-0.2, -0.15) is 0 Å². The number of amides is 1. The van der Waals surface area contributed by atoms with Crippen molar-refractivity contribution in [2.45, 2.75) is 13.3 Å². The molecule has 0 unspecified atom stereocenters. The maximum absolute atomic E-state index is 12.0. The summed E-state index contributed by atoms with van der Waals surface area (Å²) in [6, 6.07) is 12.8. The van der Waals surface area contributed by atoms with E-state index in [-0.39, 0.29) is 17.0 Å². The van der Waals surface area contributed by atoms with Gasteiger partial charge < -0.3 is 15.0 Å². The van der Waals surface area contributed by atoms with Crippen molar-refractivity contribution in [2.75, 3.05) is 19.8 Å². The number of H-pyrrole nitrogens is 1. The molecule has 22 heavy (non-hydrogen) atoms. The lowest BCUT2D eigenvalue weighted by atomic mass is 10.1. The molecule has 0 saturated heterocycles. The van der Waals surface area contributed by atoms with Crippen LogP contribution in [0.25, 0.3) is 11.3 Å². The number of hydrogen-bond donors (Lipinski definition) is 2. The van der Waals surface area contributed by atoms with E-state index in [0.29, 0.717) is 25.5 Å². The summed E-state index contributed by atoms with van der Waals surface area (Å²) in [5.74, 6) is -0.364. The lowest BCUT2D eigenvalue weighted by molar-refractivity contribution is 0.0943. The van der Waals surface area contributed by atoms with Gasteiger partial charge in [-0.15, -0.1) is 0 Å². The first-order chi connectivity index (χ1) is 10.7. The van der Waals surface area contributed by atoms with Crippen molar-refractivity contribution in [3.8, 4) is 11.3 Å². The monoisotopic (exact) mass is 300 g/mol. The van der Waals surface area contributed by atoms with Gasteiger partial charge in [-0.05, 0) is 31.0 Å². The molecule has 5 heteroatoms. The van der Waals surface area contributed by atoms with Gasteiger partial charge in [0.15, 0.2) is 0 Å². The molecule has 2 N–H and O–H groups in total. The fourth-order valence-electron chi connectivity index (χ4n) is 2.05. The van der Waals surface area contributed by atoms with E-state index in [2.05, 4.69) is 10.3 Å². The lowest BCUT2D eigenvalue weighted by Gasteiger charge is -2.06. The second-order valence-corrected chi connectivity index (χ2v) is 4.79. The van der Waals surface area contributed by atoms with E-state index in [9.17, 15) is 9.59 Å². The number of hydrogen-bond acceptors (Lipinski definition) is 3. The predicted octanol–water partition coefficient (Wildman–Crippen LogP) is 2.20. The fourth-order valence-corrected chi connectivity index (χ4v) is 2.05. The number of carbonyl (C=O) groups excluding carboxylic acids is 1. The molecule has 0 saturated carbocycles. The van der Waals surface area contributed by atoms with E-state index in [1.165, 1.54) is 0 Å². The van der Waals surface area contributed by atoms with Gasteiger partial charge in [0.2, 0.25) is 0 Å². The highest BCUT2D eigenvalue weighted by Gasteiger charge is 2.10. The molecule has 0 radical (unpaired) electrons. The van der Waals surface area contributed by atoms with Crippen molar-refractivity contribution < 1.29 is 9.53 Å². The minimum absolute atomic E-state index is 0.121. The number of rotatable bonds is 7. The first kappa shape index (κ1) is 16.0. The van der Waals surface area contributed by atoms with Crippen molar-refractivity contribution in [2.24, 2.45) is 0 Å². The molecule has 0 atom stereocenters. The van der Waals surface area contributed by atoms with E-state index >= 15 is 0 Å². The van der Waals surface area contributed by atoms with Crippen molar-refractivity contribution in [3.05, 3.63) is 58.4 Å². The van der Waals surface area contributed by atoms with E-state index < -0.39 is 0 Å². The van der Waals surface area contributed by atoms with Gasteiger partial charge >= 0.3 is 0 Å². The molecule has 2 rings (SSSR count). The Bertz CT molecular complexity index is 665. The Kier molecular flexibility index (Phi) is 5.91. The Labute approximate surface area is 129 Å². The number of aromatic amines is 1. The van der Waals surface area contributed by atoms with Crippen LogP contribution in [-0.4, -0.2) is 30.6 Å². The Balaban J connectivity index is 2.01. The molecule has 2 aromatic rings. The molecule has 1 heterocycles. The van der Waals surface area contributed by atoms with Gasteiger partial charge in [0.05, 0.1) is 0 Å². The second kappa shape index (κ2) is 8.14. The number of nitrogens with one attached hydrogen (secondary N) is 2. The minimum Gasteiger partial charge on any atom is -0.382 e. The molecular formula is C17H20N2O3. The third-order valence-electron chi connectivity index (χ3n) is 3.19. The Morgan fingerprint density at radius 3 is 2.64 bits per heavy atom. The first-order valence-electron chi connectivity index (χ1n) is 7.37. The van der Waals surface area contributed by atoms with Crippen LogP contribution in [-0.2, 0) is 4.74 Å². The quantitative estimate of drug-likeness (QED) is 0.770. The largest absolute Gasteiger partial charge is 0.382 e. The average Bonchev–Trinajstić information content (AvgIpc) is 2.55. The third-order valence-corrected chi connectivity index (χ3v) is 3.19. The van der Waals surface area contributed by atoms with Gasteiger partial charge in [-0.3, -0.25) is 9.59 Å². The number of carbonyl (C=O) groups is 1. The minimum atomic E-state index is -0.385. The Hall–Kier alpha value is -2.40. The Morgan fingerprint density at radius 2 is 1.95 bits per heavy atom. The van der Waals surface area contributed by atoms with Crippen LogP contribution in [0.1, 0.15) is 23.7 Å². The summed E-state index contributed by atoms with van der Waals surface area (Å²) in [5, 5.41) is 2.72. The topological polar surface area (TPSA) is 71.2 Å². The number of benzene rings is 1. The maximum atomic E-state index is 12.0. The lowest BCUT2D eigenvalue weighted by Crippen LogP contribution is -2.30. The van der Waals surface area contributed by atoms with Crippen molar-refractivity contribution in [1.82, 2.24) is 10.3 Å². The molecule has 1 aromatic carbocycles. The summed E-state index contributed by atoms with van der Waals surface area (Å²) in [5.41, 5.74) is 1.33. The summed E-state index contributed by atoms with van der Waals surface area (Å²) < 4.78 is 5.19. The van der Waals surface area contributed by atoms with Crippen LogP contribution in [0.5, 0.6) is 0 Å². The summed E-state index contributed by atoms with van der Waals surface area (Å²) >= 11 is 0. The number of aromatic nitrogens is 1. The van der Waals surface area contributed by atoms with Gasteiger partial charge in [0, 0.05) is 25.5 Å². The summed E-state index contributed by atoms with van der Waals surface area (Å²) in [6.45, 7) is 3.67. The standard InChI is InChI=1S/C17H20N2O3/c1-2-22-12-6-11-18-16(20)14-9-10-15(19-17(14)21)13-7-4-3-5-8-13/h3-5,7-10H,2,6,11-12H2,1H3,(H,18,20)(H,19,21). The molecule has 1 aromatic heterocycles. The van der Waals surface area contributed by atoms with E-state index in [0.717, 1.165) is 12.0 Å². The van der Waals surface area contributed by atoms with Crippen LogP contribution in [0.15, 0.2) is 47.3 Å². The highest BCUT2D eigenvalue weighted by atomic mass is 16.5. The predicted molar refractivity (Wildman–Crippen MR) is 85.9 cm³/mol. The molecule has 1 amide bonds. The molecule has 0 aliphatic rings. The number of pyridine rings is 1. The summed E-state index contributed by atoms with van der Waals surface area (Å²) in [7, 11) is 0. The maximum Gasteiger partial charge on any atom is 0.261 e. The van der Waals surface area contributed by atoms with Gasteiger partial charge in [0.1, 0.15) is 5.56 Å². The third kappa shape index (κ3) is 4.30. The first-order valence-corrected chi connectivity index (χ1v) is 7.37. The number of ether oxygens (including phenoxy) is 1. The fraction of sp³-hybridized carbons (Fsp3) is 0.294. The van der Waals surface area contributed by atoms with Crippen molar-refractivity contribution in [1.29, 1.82) is 0 Å². The molecule has 5 nitrogen and oxygen atoms in total. The molecule has 116 valence electrons. The van der Waals surface area contributed by atoms with E-state index in [1.54, 1.807) is 12.1 Å². The zero-order valence-corrected chi connectivity index (χ0v) is 12.6. The van der Waals surface area contributed by atoms with Crippen LogP contribution >= 0.6 is 0 Å². The van der Waals surface area contributed by atoms with Crippen LogP contribution in [0.2, 0.25) is 0 Å². The highest BCUT2D eigenvalue weighted by molar-refractivity contribution is 5.94. The summed E-state index contributed by atoms with van der Waals surface area (Å²) in [6.07, 6.45) is 0.722. The molecular weight excluding hydrogens is 280 g/mol. The normalized spacial score (nSPS) is 10.4. The van der Waals surface area contributed by atoms with Crippen molar-refractivity contribution in [3.63, 3.8) is 0 Å². The van der Waals surface area contributed by atoms with Crippen molar-refractivity contribution >= 4 is 5.91 Å². The molecule has 0 aliphatic heterocycles. The van der Waals surface area contributed by atoms with Crippen LogP contribution in [0, 0.1) is 0 Å².